The Hall–Kier alpha value is -0.0800. The van der Waals surface area contributed by atoms with Gasteiger partial charge in [0.1, 0.15) is 0 Å². The molecule has 2 unspecified atom stereocenters. The summed E-state index contributed by atoms with van der Waals surface area (Å²) in [4.78, 5) is 0. The van der Waals surface area contributed by atoms with Gasteiger partial charge in [0.25, 0.3) is 0 Å². The molecule has 2 nitrogen and oxygen atoms in total. The average molecular weight is 241 g/mol. The van der Waals surface area contributed by atoms with E-state index in [-0.39, 0.29) is 0 Å². The van der Waals surface area contributed by atoms with E-state index in [2.05, 4.69) is 40.1 Å². The summed E-state index contributed by atoms with van der Waals surface area (Å²) in [6.45, 7) is 10.2. The molecule has 17 heavy (non-hydrogen) atoms. The van der Waals surface area contributed by atoms with Crippen LogP contribution < -0.4 is 5.32 Å². The molecule has 1 aliphatic rings. The number of hydrogen-bond acceptors (Lipinski definition) is 2. The van der Waals surface area contributed by atoms with E-state index in [1.165, 1.54) is 32.1 Å². The lowest BCUT2D eigenvalue weighted by Crippen LogP contribution is -2.52. The zero-order valence-corrected chi connectivity index (χ0v) is 12.4. The van der Waals surface area contributed by atoms with Gasteiger partial charge in [-0.3, -0.25) is 0 Å². The first-order valence-electron chi connectivity index (χ1n) is 7.26. The number of ether oxygens (including phenoxy) is 1. The molecule has 0 aromatic rings. The zero-order chi connectivity index (χ0) is 12.9. The SMILES string of the molecule is CNC1C(OCCCC(C)C)CCCC1(C)C. The predicted octanol–water partition coefficient (Wildman–Crippen LogP) is 3.61. The number of likely N-dealkylation sites (N-methyl/N-ethyl adjacent to an activating group) is 1. The van der Waals surface area contributed by atoms with E-state index >= 15 is 0 Å². The summed E-state index contributed by atoms with van der Waals surface area (Å²) in [5, 5.41) is 3.47. The molecule has 2 atom stereocenters. The van der Waals surface area contributed by atoms with Crippen molar-refractivity contribution in [3.8, 4) is 0 Å². The highest BCUT2D eigenvalue weighted by atomic mass is 16.5. The molecule has 1 rings (SSSR count). The Bertz CT molecular complexity index is 213. The van der Waals surface area contributed by atoms with Gasteiger partial charge in [-0.25, -0.2) is 0 Å². The van der Waals surface area contributed by atoms with Gasteiger partial charge in [-0.1, -0.05) is 34.1 Å². The molecular formula is C15H31NO. The van der Waals surface area contributed by atoms with Gasteiger partial charge in [-0.05, 0) is 44.1 Å². The van der Waals surface area contributed by atoms with Crippen molar-refractivity contribution in [3.05, 3.63) is 0 Å². The van der Waals surface area contributed by atoms with Crippen LogP contribution in [0.5, 0.6) is 0 Å². The molecule has 0 saturated heterocycles. The van der Waals surface area contributed by atoms with Crippen LogP contribution in [0.3, 0.4) is 0 Å². The van der Waals surface area contributed by atoms with Gasteiger partial charge in [-0.2, -0.15) is 0 Å². The lowest BCUT2D eigenvalue weighted by atomic mass is 9.72. The molecule has 0 heterocycles. The van der Waals surface area contributed by atoms with Crippen molar-refractivity contribution in [2.45, 2.75) is 71.9 Å². The molecular weight excluding hydrogens is 210 g/mol. The van der Waals surface area contributed by atoms with Crippen molar-refractivity contribution in [1.29, 1.82) is 0 Å². The molecule has 1 aliphatic carbocycles. The standard InChI is InChI=1S/C15H31NO/c1-12(2)8-7-11-17-13-9-6-10-15(3,4)14(13)16-5/h12-14,16H,6-11H2,1-5H3. The summed E-state index contributed by atoms with van der Waals surface area (Å²) in [5.74, 6) is 0.793. The maximum Gasteiger partial charge on any atom is 0.0733 e. The van der Waals surface area contributed by atoms with Crippen LogP contribution in [0.15, 0.2) is 0 Å². The van der Waals surface area contributed by atoms with Crippen LogP contribution in [0.25, 0.3) is 0 Å². The monoisotopic (exact) mass is 241 g/mol. The zero-order valence-electron chi connectivity index (χ0n) is 12.4. The van der Waals surface area contributed by atoms with E-state index in [4.69, 9.17) is 4.74 Å². The van der Waals surface area contributed by atoms with E-state index in [0.29, 0.717) is 17.6 Å². The van der Waals surface area contributed by atoms with Crippen LogP contribution in [-0.2, 0) is 4.74 Å². The minimum atomic E-state index is 0.371. The van der Waals surface area contributed by atoms with Gasteiger partial charge in [-0.15, -0.1) is 0 Å². The number of nitrogens with one attached hydrogen (secondary N) is 1. The van der Waals surface area contributed by atoms with Crippen LogP contribution in [0.4, 0.5) is 0 Å². The smallest absolute Gasteiger partial charge is 0.0733 e. The summed E-state index contributed by atoms with van der Waals surface area (Å²) in [5.41, 5.74) is 0.371. The molecule has 2 heteroatoms. The first-order valence-corrected chi connectivity index (χ1v) is 7.26. The molecule has 0 aliphatic heterocycles. The van der Waals surface area contributed by atoms with Crippen LogP contribution in [0.1, 0.15) is 59.8 Å². The molecule has 102 valence electrons. The average Bonchev–Trinajstić information content (AvgIpc) is 2.23. The highest BCUT2D eigenvalue weighted by Crippen LogP contribution is 2.36. The Morgan fingerprint density at radius 2 is 2.06 bits per heavy atom. The van der Waals surface area contributed by atoms with E-state index < -0.39 is 0 Å². The van der Waals surface area contributed by atoms with E-state index in [0.717, 1.165) is 12.5 Å². The van der Waals surface area contributed by atoms with E-state index in [1.54, 1.807) is 0 Å². The van der Waals surface area contributed by atoms with Crippen molar-refractivity contribution in [1.82, 2.24) is 5.32 Å². The summed E-state index contributed by atoms with van der Waals surface area (Å²) in [6.07, 6.45) is 6.72. The molecule has 0 radical (unpaired) electrons. The predicted molar refractivity (Wildman–Crippen MR) is 74.3 cm³/mol. The lowest BCUT2D eigenvalue weighted by molar-refractivity contribution is -0.0364. The maximum atomic E-state index is 6.11. The van der Waals surface area contributed by atoms with E-state index in [1.807, 2.05) is 0 Å². The number of rotatable bonds is 6. The fourth-order valence-electron chi connectivity index (χ4n) is 3.07. The summed E-state index contributed by atoms with van der Waals surface area (Å²) >= 11 is 0. The van der Waals surface area contributed by atoms with Crippen molar-refractivity contribution >= 4 is 0 Å². The van der Waals surface area contributed by atoms with Gasteiger partial charge in [0.05, 0.1) is 6.10 Å². The summed E-state index contributed by atoms with van der Waals surface area (Å²) < 4.78 is 6.11. The molecule has 0 amide bonds. The van der Waals surface area contributed by atoms with Crippen molar-refractivity contribution in [2.24, 2.45) is 11.3 Å². The summed E-state index contributed by atoms with van der Waals surface area (Å²) in [6, 6.07) is 0.510. The van der Waals surface area contributed by atoms with Crippen molar-refractivity contribution in [2.75, 3.05) is 13.7 Å². The van der Waals surface area contributed by atoms with Gasteiger partial charge >= 0.3 is 0 Å². The first kappa shape index (κ1) is 15.0. The lowest BCUT2D eigenvalue weighted by Gasteiger charge is -2.43. The van der Waals surface area contributed by atoms with Gasteiger partial charge in [0.2, 0.25) is 0 Å². The largest absolute Gasteiger partial charge is 0.377 e. The van der Waals surface area contributed by atoms with Crippen LogP contribution in [0, 0.1) is 11.3 Å². The van der Waals surface area contributed by atoms with Crippen LogP contribution in [0.2, 0.25) is 0 Å². The Labute approximate surface area is 108 Å². The minimum absolute atomic E-state index is 0.371. The third kappa shape index (κ3) is 4.59. The summed E-state index contributed by atoms with van der Waals surface area (Å²) in [7, 11) is 2.07. The van der Waals surface area contributed by atoms with Crippen molar-refractivity contribution < 1.29 is 4.74 Å². The first-order chi connectivity index (χ1) is 7.97. The van der Waals surface area contributed by atoms with Gasteiger partial charge in [0.15, 0.2) is 0 Å². The third-order valence-electron chi connectivity index (χ3n) is 4.09. The van der Waals surface area contributed by atoms with Crippen molar-refractivity contribution in [3.63, 3.8) is 0 Å². The second kappa shape index (κ2) is 6.75. The molecule has 1 N–H and O–H groups in total. The fourth-order valence-corrected chi connectivity index (χ4v) is 3.07. The Morgan fingerprint density at radius 1 is 1.35 bits per heavy atom. The molecule has 0 spiro atoms. The highest BCUT2D eigenvalue weighted by Gasteiger charge is 2.38. The molecule has 0 bridgehead atoms. The van der Waals surface area contributed by atoms with Gasteiger partial charge in [0, 0.05) is 12.6 Å². The molecule has 0 aromatic carbocycles. The fraction of sp³-hybridized carbons (Fsp3) is 1.00. The Balaban J connectivity index is 2.35. The second-order valence-electron chi connectivity index (χ2n) is 6.59. The highest BCUT2D eigenvalue weighted by molar-refractivity contribution is 4.93. The Kier molecular flexibility index (Phi) is 5.94. The molecule has 0 aromatic heterocycles. The second-order valence-corrected chi connectivity index (χ2v) is 6.59. The quantitative estimate of drug-likeness (QED) is 0.717. The normalized spacial score (nSPS) is 28.6. The van der Waals surface area contributed by atoms with E-state index in [9.17, 15) is 0 Å². The van der Waals surface area contributed by atoms with Gasteiger partial charge < -0.3 is 10.1 Å². The third-order valence-corrected chi connectivity index (χ3v) is 4.09. The topological polar surface area (TPSA) is 21.3 Å². The van der Waals surface area contributed by atoms with Crippen LogP contribution >= 0.6 is 0 Å². The minimum Gasteiger partial charge on any atom is -0.377 e. The number of hydrogen-bond donors (Lipinski definition) is 1. The maximum absolute atomic E-state index is 6.11. The molecule has 1 fully saturated rings. The van der Waals surface area contributed by atoms with Crippen LogP contribution in [-0.4, -0.2) is 25.8 Å². The Morgan fingerprint density at radius 3 is 2.65 bits per heavy atom. The molecule has 1 saturated carbocycles.